The number of carbonyl (C=O) groups is 10. The highest BCUT2D eigenvalue weighted by Gasteiger charge is 2.24. The number of anilines is 5. The van der Waals surface area contributed by atoms with Crippen LogP contribution in [-0.4, -0.2) is 165 Å². The predicted molar refractivity (Wildman–Crippen MR) is 293 cm³/mol. The van der Waals surface area contributed by atoms with Gasteiger partial charge in [-0.15, -0.1) is 0 Å². The van der Waals surface area contributed by atoms with Crippen molar-refractivity contribution in [1.29, 1.82) is 0 Å². The molecule has 81 heavy (non-hydrogen) atoms. The number of amides is 10. The minimum Gasteiger partial charge on any atom is -0.504 e. The lowest BCUT2D eigenvalue weighted by Gasteiger charge is -2.10. The Kier molecular flexibility index (Phi) is 20.4. The van der Waals surface area contributed by atoms with Gasteiger partial charge in [-0.2, -0.15) is 0 Å². The minimum atomic E-state index is -0.757. The highest BCUT2D eigenvalue weighted by Crippen LogP contribution is 2.29. The fourth-order valence-corrected chi connectivity index (χ4v) is 7.96. The van der Waals surface area contributed by atoms with Crippen LogP contribution in [0, 0.1) is 0 Å². The van der Waals surface area contributed by atoms with E-state index in [0.717, 1.165) is 13.0 Å². The van der Waals surface area contributed by atoms with Crippen LogP contribution in [0.1, 0.15) is 95.4 Å². The molecule has 0 radical (unpaired) electrons. The van der Waals surface area contributed by atoms with E-state index in [1.807, 2.05) is 19.0 Å². The van der Waals surface area contributed by atoms with Gasteiger partial charge in [-0.3, -0.25) is 47.9 Å². The normalized spacial score (nSPS) is 10.9. The number of aromatic nitrogens is 9. The smallest absolute Gasteiger partial charge is 0.291 e. The van der Waals surface area contributed by atoms with Gasteiger partial charge in [0.15, 0.2) is 28.9 Å². The molecule has 0 aromatic carbocycles. The number of imidazole rings is 3. The number of aromatic hydroxyl groups is 1. The molecule has 6 aromatic heterocycles. The Bertz CT molecular complexity index is 3330. The summed E-state index contributed by atoms with van der Waals surface area (Å²) in [6.07, 6.45) is 10.7. The molecule has 11 N–H and O–H groups in total. The van der Waals surface area contributed by atoms with E-state index >= 15 is 0 Å². The second kappa shape index (κ2) is 27.5. The van der Waals surface area contributed by atoms with Crippen LogP contribution in [-0.2, 0) is 61.5 Å². The second-order valence-corrected chi connectivity index (χ2v) is 18.9. The molecule has 0 unspecified atom stereocenters. The van der Waals surface area contributed by atoms with Gasteiger partial charge in [0, 0.05) is 144 Å². The van der Waals surface area contributed by atoms with Crippen LogP contribution in [0.25, 0.3) is 0 Å². The first kappa shape index (κ1) is 60.2. The SMILES string of the molecule is CN(C)CCCNC(=O)CCNC(=O)c1cc(NC(=O)c2nc(NC(=O)CCNC(=O)c3c(O)c(NC(=O)CCNC(=O)c4cc(NC(=O)c5nc(NC(=O)CCNC(=O)c6nccn6C)cn5C)cn4C)cn3C)cn2C)cn1C. The van der Waals surface area contributed by atoms with Crippen LogP contribution in [0.15, 0.2) is 55.5 Å². The number of aryl methyl sites for hydroxylation is 6. The molecule has 0 fully saturated rings. The highest BCUT2D eigenvalue weighted by atomic mass is 16.3. The van der Waals surface area contributed by atoms with E-state index in [2.05, 4.69) is 68.1 Å². The lowest BCUT2D eigenvalue weighted by atomic mass is 10.3. The Morgan fingerprint density at radius 2 is 0.926 bits per heavy atom. The fraction of sp³-hybridized carbons (Fsp3) is 0.380. The Morgan fingerprint density at radius 3 is 1.40 bits per heavy atom. The summed E-state index contributed by atoms with van der Waals surface area (Å²) in [5, 5.41) is 37.2. The van der Waals surface area contributed by atoms with Gasteiger partial charge in [0.05, 0.1) is 11.4 Å². The van der Waals surface area contributed by atoms with Crippen molar-refractivity contribution in [1.82, 2.24) is 73.8 Å². The number of rotatable bonds is 27. The first-order valence-corrected chi connectivity index (χ1v) is 25.3. The first-order valence-electron chi connectivity index (χ1n) is 25.3. The summed E-state index contributed by atoms with van der Waals surface area (Å²) in [6.45, 7) is 1.21. The molecule has 31 heteroatoms. The predicted octanol–water partition coefficient (Wildman–Crippen LogP) is -0.424. The molecule has 6 rings (SSSR count). The van der Waals surface area contributed by atoms with Crippen molar-refractivity contribution in [2.24, 2.45) is 42.3 Å². The lowest BCUT2D eigenvalue weighted by Crippen LogP contribution is -2.32. The van der Waals surface area contributed by atoms with Crippen LogP contribution in [0.5, 0.6) is 5.75 Å². The van der Waals surface area contributed by atoms with Gasteiger partial charge >= 0.3 is 0 Å². The summed E-state index contributed by atoms with van der Waals surface area (Å²) < 4.78 is 8.58. The van der Waals surface area contributed by atoms with E-state index in [-0.39, 0.29) is 115 Å². The zero-order valence-electron chi connectivity index (χ0n) is 46.0. The van der Waals surface area contributed by atoms with Crippen molar-refractivity contribution in [3.05, 3.63) is 90.1 Å². The molecule has 0 saturated heterocycles. The lowest BCUT2D eigenvalue weighted by molar-refractivity contribution is -0.121. The maximum Gasteiger partial charge on any atom is 0.291 e. The molecule has 0 atom stereocenters. The van der Waals surface area contributed by atoms with Gasteiger partial charge in [0.25, 0.3) is 35.4 Å². The number of carbonyl (C=O) groups excluding carboxylic acids is 10. The third-order valence-electron chi connectivity index (χ3n) is 12.0. The topological polar surface area (TPSA) is 383 Å². The summed E-state index contributed by atoms with van der Waals surface area (Å²) >= 11 is 0. The summed E-state index contributed by atoms with van der Waals surface area (Å²) in [6, 6.07) is 2.88. The number of hydrogen-bond donors (Lipinski definition) is 11. The largest absolute Gasteiger partial charge is 0.504 e. The van der Waals surface area contributed by atoms with Crippen LogP contribution >= 0.6 is 0 Å². The van der Waals surface area contributed by atoms with Crippen LogP contribution < -0.4 is 53.2 Å². The van der Waals surface area contributed by atoms with Crippen LogP contribution in [0.4, 0.5) is 28.7 Å². The van der Waals surface area contributed by atoms with Gasteiger partial charge in [-0.05, 0) is 39.2 Å². The van der Waals surface area contributed by atoms with Crippen molar-refractivity contribution < 1.29 is 53.1 Å². The Hall–Kier alpha value is -10.1. The van der Waals surface area contributed by atoms with Gasteiger partial charge in [0.1, 0.15) is 17.1 Å². The number of nitrogens with one attached hydrogen (secondary N) is 10. The molecule has 0 bridgehead atoms. The maximum absolute atomic E-state index is 13.2. The molecule has 0 spiro atoms. The molecular formula is C50H66N20O11. The molecule has 0 aliphatic carbocycles. The second-order valence-electron chi connectivity index (χ2n) is 18.9. The molecule has 0 saturated carbocycles. The summed E-state index contributed by atoms with van der Waals surface area (Å²) in [7, 11) is 13.3. The standard InChI is InChI=1S/C50H66N20O11/c1-64(2)20-9-14-51-36(71)10-15-53-45(76)32-22-29(24-66(32)4)57-49(80)43-62-34(27-69(43)7)60-38(73)12-17-55-47(78)40-41(75)31(26-68(40)6)59-37(72)11-16-54-46(77)33-23-30(25-67(33)5)58-50(81)44-63-35(28-70(44)8)61-39(74)13-18-56-48(79)42-52-19-21-65(42)3/h19,21-28,75H,9-18,20H2,1-8H3,(H,51,71)(H,53,76)(H,54,77)(H,55,78)(H,56,79)(H,57,80)(H,58,81)(H,59,72)(H,60,73)(H,61,74). The Morgan fingerprint density at radius 1 is 0.469 bits per heavy atom. The maximum atomic E-state index is 13.2. The Balaban J connectivity index is 0.885. The highest BCUT2D eigenvalue weighted by molar-refractivity contribution is 6.05. The van der Waals surface area contributed by atoms with E-state index < -0.39 is 58.9 Å². The van der Waals surface area contributed by atoms with E-state index in [1.54, 1.807) is 46.0 Å². The van der Waals surface area contributed by atoms with E-state index in [4.69, 9.17) is 0 Å². The van der Waals surface area contributed by atoms with Gasteiger partial charge in [-0.1, -0.05) is 0 Å². The third-order valence-corrected chi connectivity index (χ3v) is 12.0. The van der Waals surface area contributed by atoms with Crippen LogP contribution in [0.3, 0.4) is 0 Å². The monoisotopic (exact) mass is 1120 g/mol. The quantitative estimate of drug-likeness (QED) is 0.0292. The van der Waals surface area contributed by atoms with E-state index in [1.165, 1.54) is 79.2 Å². The molecule has 10 amide bonds. The van der Waals surface area contributed by atoms with Crippen LogP contribution in [0.2, 0.25) is 0 Å². The molecule has 0 aliphatic heterocycles. The molecule has 0 aliphatic rings. The van der Waals surface area contributed by atoms with Gasteiger partial charge in [-0.25, -0.2) is 15.0 Å². The average Bonchev–Trinajstić information content (AvgIpc) is 4.32. The molecule has 31 nitrogen and oxygen atoms in total. The first-order chi connectivity index (χ1) is 38.5. The van der Waals surface area contributed by atoms with Crippen molar-refractivity contribution in [2.45, 2.75) is 32.1 Å². The van der Waals surface area contributed by atoms with E-state index in [0.29, 0.717) is 12.2 Å². The minimum absolute atomic E-state index is 0.0335. The van der Waals surface area contributed by atoms with Gasteiger partial charge < -0.3 is 90.6 Å². The fourth-order valence-electron chi connectivity index (χ4n) is 7.96. The number of hydrogen-bond acceptors (Lipinski definition) is 15. The molecule has 432 valence electrons. The zero-order chi connectivity index (χ0) is 59.1. The molecular weight excluding hydrogens is 1060 g/mol. The van der Waals surface area contributed by atoms with Gasteiger partial charge in [0.2, 0.25) is 35.3 Å². The molecule has 6 aromatic rings. The number of nitrogens with zero attached hydrogens (tertiary/aromatic N) is 10. The van der Waals surface area contributed by atoms with Crippen molar-refractivity contribution in [2.75, 3.05) is 79.9 Å². The van der Waals surface area contributed by atoms with Crippen molar-refractivity contribution in [3.63, 3.8) is 0 Å². The van der Waals surface area contributed by atoms with E-state index in [9.17, 15) is 53.1 Å². The average molecular weight is 1120 g/mol. The summed E-state index contributed by atoms with van der Waals surface area (Å²) in [5.41, 5.74) is 0.628. The zero-order valence-corrected chi connectivity index (χ0v) is 46.0. The molecule has 6 heterocycles. The van der Waals surface area contributed by atoms with Crippen molar-refractivity contribution in [3.8, 4) is 5.75 Å². The Labute approximate surface area is 463 Å². The third kappa shape index (κ3) is 16.7. The summed E-state index contributed by atoms with van der Waals surface area (Å²) in [4.78, 5) is 142. The van der Waals surface area contributed by atoms with Crippen molar-refractivity contribution >= 4 is 87.8 Å². The summed E-state index contributed by atoms with van der Waals surface area (Å²) in [5.74, 6) is -5.60.